The molecule has 8 nitrogen and oxygen atoms in total. The van der Waals surface area contributed by atoms with E-state index in [0.717, 1.165) is 11.3 Å². The molecule has 0 fully saturated rings. The van der Waals surface area contributed by atoms with Crippen molar-refractivity contribution < 1.29 is 24.2 Å². The number of aliphatic hydroxyl groups is 1. The van der Waals surface area contributed by atoms with Crippen LogP contribution < -0.4 is 5.32 Å². The van der Waals surface area contributed by atoms with Crippen LogP contribution in [0.1, 0.15) is 27.7 Å². The van der Waals surface area contributed by atoms with Crippen molar-refractivity contribution in [3.63, 3.8) is 0 Å². The van der Waals surface area contributed by atoms with Crippen LogP contribution in [0.15, 0.2) is 41.2 Å². The van der Waals surface area contributed by atoms with E-state index in [1.165, 1.54) is 7.11 Å². The maximum absolute atomic E-state index is 12.2. The molecule has 0 bridgehead atoms. The largest absolute Gasteiger partial charge is 0.504 e. The molecule has 0 atom stereocenters. The number of para-hydroxylation sites is 1. The molecule has 142 valence electrons. The lowest BCUT2D eigenvalue weighted by Gasteiger charge is -2.06. The standard InChI is InChI=1S/C18H18N2O6S/c1-4-26-18(23)13(20-24)14(21)15-10(2)12(17(22)25-3)16(27-15)19-11-8-6-5-7-9-11/h5-9,19,21H,4H2,1-3H3/b14-13+. The van der Waals surface area contributed by atoms with Crippen molar-refractivity contribution in [1.29, 1.82) is 0 Å². The zero-order valence-electron chi connectivity index (χ0n) is 14.9. The number of hydrogen-bond acceptors (Lipinski definition) is 9. The van der Waals surface area contributed by atoms with Gasteiger partial charge >= 0.3 is 11.9 Å². The monoisotopic (exact) mass is 390 g/mol. The number of nitrogens with zero attached hydrogens (tertiary/aromatic N) is 1. The average Bonchev–Trinajstić information content (AvgIpc) is 2.98. The Morgan fingerprint density at radius 3 is 2.48 bits per heavy atom. The fourth-order valence-corrected chi connectivity index (χ4v) is 3.47. The van der Waals surface area contributed by atoms with Crippen LogP contribution in [0.25, 0.3) is 5.76 Å². The number of carbonyl (C=O) groups is 2. The van der Waals surface area contributed by atoms with Crippen LogP contribution >= 0.6 is 11.3 Å². The molecule has 0 saturated carbocycles. The number of carbonyl (C=O) groups excluding carboxylic acids is 2. The highest BCUT2D eigenvalue weighted by molar-refractivity contribution is 7.17. The molecule has 0 aliphatic carbocycles. The topological polar surface area (TPSA) is 114 Å². The van der Waals surface area contributed by atoms with E-state index >= 15 is 0 Å². The highest BCUT2D eigenvalue weighted by atomic mass is 32.1. The Balaban J connectivity index is 2.59. The van der Waals surface area contributed by atoms with E-state index in [4.69, 9.17) is 9.47 Å². The molecule has 2 N–H and O–H groups in total. The third kappa shape index (κ3) is 4.32. The second kappa shape index (κ2) is 8.95. The molecule has 1 aromatic carbocycles. The molecule has 27 heavy (non-hydrogen) atoms. The molecule has 2 rings (SSSR count). The number of ether oxygens (including phenoxy) is 2. The second-order valence-electron chi connectivity index (χ2n) is 5.25. The number of nitroso groups, excluding NO2 is 1. The van der Waals surface area contributed by atoms with Gasteiger partial charge in [-0.1, -0.05) is 18.2 Å². The highest BCUT2D eigenvalue weighted by Gasteiger charge is 2.28. The Kier molecular flexibility index (Phi) is 6.67. The van der Waals surface area contributed by atoms with Gasteiger partial charge in [0.05, 0.1) is 24.2 Å². The predicted molar refractivity (Wildman–Crippen MR) is 102 cm³/mol. The molecule has 2 aromatic rings. The summed E-state index contributed by atoms with van der Waals surface area (Å²) in [4.78, 5) is 35.2. The van der Waals surface area contributed by atoms with Gasteiger partial charge in [0, 0.05) is 5.69 Å². The summed E-state index contributed by atoms with van der Waals surface area (Å²) in [5, 5.41) is 16.5. The van der Waals surface area contributed by atoms with Crippen molar-refractivity contribution in [2.45, 2.75) is 13.8 Å². The first kappa shape index (κ1) is 20.1. The Morgan fingerprint density at radius 2 is 1.93 bits per heavy atom. The van der Waals surface area contributed by atoms with Gasteiger partial charge in [-0.25, -0.2) is 9.59 Å². The van der Waals surface area contributed by atoms with E-state index in [1.54, 1.807) is 26.0 Å². The summed E-state index contributed by atoms with van der Waals surface area (Å²) in [5.41, 5.74) is 0.470. The number of aliphatic hydroxyl groups excluding tert-OH is 1. The minimum Gasteiger partial charge on any atom is -0.504 e. The third-order valence-electron chi connectivity index (χ3n) is 3.57. The van der Waals surface area contributed by atoms with E-state index in [9.17, 15) is 19.6 Å². The summed E-state index contributed by atoms with van der Waals surface area (Å²) in [6, 6.07) is 9.06. The van der Waals surface area contributed by atoms with Crippen LogP contribution in [-0.4, -0.2) is 30.8 Å². The lowest BCUT2D eigenvalue weighted by molar-refractivity contribution is -0.138. The number of esters is 2. The van der Waals surface area contributed by atoms with Gasteiger partial charge in [-0.15, -0.1) is 16.2 Å². The van der Waals surface area contributed by atoms with Crippen molar-refractivity contribution >= 4 is 39.7 Å². The number of nitrogens with one attached hydrogen (secondary N) is 1. The maximum atomic E-state index is 12.2. The lowest BCUT2D eigenvalue weighted by Crippen LogP contribution is -2.08. The van der Waals surface area contributed by atoms with Gasteiger partial charge in [0.15, 0.2) is 5.76 Å². The van der Waals surface area contributed by atoms with E-state index < -0.39 is 23.4 Å². The minimum absolute atomic E-state index is 0.0166. The fraction of sp³-hybridized carbons (Fsp3) is 0.222. The van der Waals surface area contributed by atoms with Gasteiger partial charge in [0.1, 0.15) is 5.00 Å². The molecule has 1 aromatic heterocycles. The smallest absolute Gasteiger partial charge is 0.364 e. The molecule has 0 unspecified atom stereocenters. The van der Waals surface area contributed by atoms with Crippen molar-refractivity contribution in [2.24, 2.45) is 5.18 Å². The molecule has 0 radical (unpaired) electrons. The highest BCUT2D eigenvalue weighted by Crippen LogP contribution is 2.39. The van der Waals surface area contributed by atoms with Gasteiger partial charge in [-0.3, -0.25) is 0 Å². The first-order chi connectivity index (χ1) is 12.9. The number of hydrogen-bond donors (Lipinski definition) is 2. The molecule has 0 aliphatic rings. The van der Waals surface area contributed by atoms with Gasteiger partial charge in [-0.05, 0) is 36.7 Å². The van der Waals surface area contributed by atoms with Gasteiger partial charge in [-0.2, -0.15) is 0 Å². The summed E-state index contributed by atoms with van der Waals surface area (Å²) in [7, 11) is 1.23. The SMILES string of the molecule is CCOC(=O)/C(N=O)=C(\O)c1sc(Nc2ccccc2)c(C(=O)OC)c1C. The van der Waals surface area contributed by atoms with Crippen molar-refractivity contribution in [2.75, 3.05) is 19.0 Å². The summed E-state index contributed by atoms with van der Waals surface area (Å²) in [6.07, 6.45) is 0. The number of anilines is 2. The number of methoxy groups -OCH3 is 1. The van der Waals surface area contributed by atoms with Crippen molar-refractivity contribution in [3.05, 3.63) is 56.9 Å². The van der Waals surface area contributed by atoms with E-state index in [2.05, 4.69) is 10.5 Å². The zero-order chi connectivity index (χ0) is 20.0. The zero-order valence-corrected chi connectivity index (χ0v) is 15.8. The predicted octanol–water partition coefficient (Wildman–Crippen LogP) is 4.14. The number of rotatable bonds is 7. The van der Waals surface area contributed by atoms with Crippen molar-refractivity contribution in [1.82, 2.24) is 0 Å². The summed E-state index contributed by atoms with van der Waals surface area (Å²) in [5.74, 6) is -2.33. The van der Waals surface area contributed by atoms with Crippen molar-refractivity contribution in [3.8, 4) is 0 Å². The molecular weight excluding hydrogens is 372 g/mol. The summed E-state index contributed by atoms with van der Waals surface area (Å²) < 4.78 is 9.54. The van der Waals surface area contributed by atoms with Gasteiger partial charge in [0.2, 0.25) is 5.70 Å². The Labute approximate surface area is 159 Å². The second-order valence-corrected chi connectivity index (χ2v) is 6.27. The third-order valence-corrected chi connectivity index (χ3v) is 4.78. The molecule has 9 heteroatoms. The molecule has 0 aliphatic heterocycles. The van der Waals surface area contributed by atoms with Crippen LogP contribution in [0.3, 0.4) is 0 Å². The van der Waals surface area contributed by atoms with E-state index in [0.29, 0.717) is 16.3 Å². The molecule has 0 saturated heterocycles. The van der Waals surface area contributed by atoms with E-state index in [1.807, 2.05) is 18.2 Å². The van der Waals surface area contributed by atoms with Gasteiger partial charge in [0.25, 0.3) is 0 Å². The number of benzene rings is 1. The van der Waals surface area contributed by atoms with Crippen LogP contribution in [0.2, 0.25) is 0 Å². The minimum atomic E-state index is -1.05. The summed E-state index contributed by atoms with van der Waals surface area (Å²) >= 11 is 0.985. The maximum Gasteiger partial charge on any atom is 0.364 e. The normalized spacial score (nSPS) is 11.4. The molecule has 0 amide bonds. The first-order valence-corrected chi connectivity index (χ1v) is 8.74. The molecular formula is C18H18N2O6S. The molecule has 1 heterocycles. The van der Waals surface area contributed by atoms with Crippen LogP contribution in [0, 0.1) is 11.8 Å². The van der Waals surface area contributed by atoms with Crippen LogP contribution in [-0.2, 0) is 14.3 Å². The first-order valence-electron chi connectivity index (χ1n) is 7.92. The summed E-state index contributed by atoms with van der Waals surface area (Å²) in [6.45, 7) is 3.14. The number of thiophene rings is 1. The van der Waals surface area contributed by atoms with Gasteiger partial charge < -0.3 is 19.9 Å². The molecule has 0 spiro atoms. The quantitative estimate of drug-likeness (QED) is 0.316. The van der Waals surface area contributed by atoms with Crippen LogP contribution in [0.4, 0.5) is 10.7 Å². The fourth-order valence-electron chi connectivity index (χ4n) is 2.31. The van der Waals surface area contributed by atoms with E-state index in [-0.39, 0.29) is 17.0 Å². The van der Waals surface area contributed by atoms with Crippen LogP contribution in [0.5, 0.6) is 0 Å². The lowest BCUT2D eigenvalue weighted by atomic mass is 10.1. The Hall–Kier alpha value is -3.20. The Bertz CT molecular complexity index is 889. The Morgan fingerprint density at radius 1 is 1.26 bits per heavy atom. The average molecular weight is 390 g/mol.